The molecule has 1 atom stereocenters. The molecule has 2 amide bonds. The van der Waals surface area contributed by atoms with Crippen molar-refractivity contribution in [1.29, 1.82) is 0 Å². The number of rotatable bonds is 10. The highest BCUT2D eigenvalue weighted by atomic mass is 19.4. The molecule has 2 N–H and O–H groups in total. The second kappa shape index (κ2) is 11.1. The first-order valence-corrected chi connectivity index (χ1v) is 11.6. The number of hydroxylamine groups is 2. The lowest BCUT2D eigenvalue weighted by Crippen LogP contribution is -2.49. The fraction of sp³-hybridized carbons (Fsp3) is 0.565. The van der Waals surface area contributed by atoms with Crippen LogP contribution in [0.1, 0.15) is 63.0 Å². The van der Waals surface area contributed by atoms with Crippen LogP contribution < -0.4 is 11.4 Å². The fourth-order valence-electron chi connectivity index (χ4n) is 4.26. The number of hydrogen-bond donors (Lipinski definition) is 1. The predicted molar refractivity (Wildman–Crippen MR) is 120 cm³/mol. The molecular weight excluding hydrogens is 469 g/mol. The molecule has 1 saturated heterocycles. The largest absolute Gasteiger partial charge is 0.493 e. The normalized spacial score (nSPS) is 16.8. The Hall–Kier alpha value is -3.15. The summed E-state index contributed by atoms with van der Waals surface area (Å²) in [6, 6.07) is 4.08. The zero-order valence-electron chi connectivity index (χ0n) is 19.5. The molecule has 192 valence electrons. The average Bonchev–Trinajstić information content (AvgIpc) is 3.05. The Balaban J connectivity index is 1.78. The first-order valence-electron chi connectivity index (χ1n) is 11.6. The first kappa shape index (κ1) is 26.5. The van der Waals surface area contributed by atoms with Gasteiger partial charge in [-0.3, -0.25) is 18.7 Å². The van der Waals surface area contributed by atoms with E-state index in [1.807, 2.05) is 12.1 Å². The molecule has 3 rings (SSSR count). The van der Waals surface area contributed by atoms with Crippen molar-refractivity contribution in [2.45, 2.75) is 70.0 Å². The number of aryl methyl sites for hydroxylation is 2. The summed E-state index contributed by atoms with van der Waals surface area (Å²) in [5.41, 5.74) is 6.90. The summed E-state index contributed by atoms with van der Waals surface area (Å²) in [7, 11) is 1.53. The van der Waals surface area contributed by atoms with Crippen LogP contribution in [0.4, 0.5) is 13.2 Å². The predicted octanol–water partition coefficient (Wildman–Crippen LogP) is 2.89. The fourth-order valence-corrected chi connectivity index (χ4v) is 4.26. The Morgan fingerprint density at radius 3 is 2.37 bits per heavy atom. The maximum absolute atomic E-state index is 13.0. The smallest absolute Gasteiger partial charge is 0.330 e. The highest BCUT2D eigenvalue weighted by Crippen LogP contribution is 2.29. The van der Waals surface area contributed by atoms with Gasteiger partial charge in [-0.2, -0.15) is 13.2 Å². The van der Waals surface area contributed by atoms with Gasteiger partial charge in [-0.25, -0.2) is 9.59 Å². The minimum absolute atomic E-state index is 0.108. The second-order valence-corrected chi connectivity index (χ2v) is 8.65. The number of hydrogen-bond acceptors (Lipinski definition) is 6. The quantitative estimate of drug-likeness (QED) is 0.398. The molecule has 0 radical (unpaired) electrons. The highest BCUT2D eigenvalue weighted by Gasteiger charge is 2.47. The molecule has 0 spiro atoms. The van der Waals surface area contributed by atoms with Gasteiger partial charge in [0.2, 0.25) is 0 Å². The zero-order chi connectivity index (χ0) is 25.8. The van der Waals surface area contributed by atoms with Crippen LogP contribution >= 0.6 is 0 Å². The van der Waals surface area contributed by atoms with Crippen LogP contribution in [0.5, 0.6) is 0 Å². The summed E-state index contributed by atoms with van der Waals surface area (Å²) in [5.74, 6) is -4.97. The van der Waals surface area contributed by atoms with Crippen molar-refractivity contribution in [3.05, 3.63) is 34.2 Å². The molecule has 1 aliphatic heterocycles. The van der Waals surface area contributed by atoms with Gasteiger partial charge in [-0.15, -0.1) is 5.06 Å². The van der Waals surface area contributed by atoms with E-state index in [0.717, 1.165) is 55.1 Å². The number of nitrogens with zero attached hydrogens (tertiary/aromatic N) is 3. The number of amides is 2. The molecule has 12 heteroatoms. The average molecular weight is 499 g/mol. The molecule has 1 aromatic heterocycles. The van der Waals surface area contributed by atoms with Gasteiger partial charge < -0.3 is 10.6 Å². The van der Waals surface area contributed by atoms with Gasteiger partial charge in [0.05, 0.1) is 11.0 Å². The van der Waals surface area contributed by atoms with E-state index in [9.17, 15) is 32.3 Å². The van der Waals surface area contributed by atoms with Crippen LogP contribution in [0.25, 0.3) is 11.0 Å². The Morgan fingerprint density at radius 1 is 1.06 bits per heavy atom. The van der Waals surface area contributed by atoms with E-state index in [0.29, 0.717) is 17.6 Å². The van der Waals surface area contributed by atoms with Crippen molar-refractivity contribution >= 4 is 28.8 Å². The molecule has 1 fully saturated rings. The summed E-state index contributed by atoms with van der Waals surface area (Å²) < 4.78 is 40.2. The third kappa shape index (κ3) is 5.92. The first-order chi connectivity index (χ1) is 16.6. The van der Waals surface area contributed by atoms with Gasteiger partial charge in [0, 0.05) is 13.5 Å². The number of unbranched alkanes of at least 4 members (excludes halogenated alkanes) is 5. The van der Waals surface area contributed by atoms with Crippen LogP contribution in [0, 0.1) is 0 Å². The van der Waals surface area contributed by atoms with Gasteiger partial charge in [-0.1, -0.05) is 31.7 Å². The SMILES string of the molecule is Cn1c(=O)n(C2CCC(=O)N(OC(=O)C(F)(F)F)C2=O)c2ccc(CCCCCCCCN)cc21. The van der Waals surface area contributed by atoms with Crippen LogP contribution in [0.2, 0.25) is 0 Å². The summed E-state index contributed by atoms with van der Waals surface area (Å²) in [5, 5.41) is -0.183. The lowest BCUT2D eigenvalue weighted by Gasteiger charge is -2.29. The van der Waals surface area contributed by atoms with Crippen LogP contribution in [0.15, 0.2) is 23.0 Å². The number of halogens is 3. The van der Waals surface area contributed by atoms with E-state index >= 15 is 0 Å². The third-order valence-corrected chi connectivity index (χ3v) is 6.13. The summed E-state index contributed by atoms with van der Waals surface area (Å²) in [6.07, 6.45) is 1.41. The molecule has 2 aromatic rings. The van der Waals surface area contributed by atoms with Crippen molar-refractivity contribution in [1.82, 2.24) is 14.2 Å². The van der Waals surface area contributed by atoms with E-state index < -0.39 is 35.7 Å². The maximum atomic E-state index is 13.0. The molecule has 0 bridgehead atoms. The lowest BCUT2D eigenvalue weighted by molar-refractivity contribution is -0.238. The minimum atomic E-state index is -5.38. The number of imidazole rings is 1. The maximum Gasteiger partial charge on any atom is 0.493 e. The van der Waals surface area contributed by atoms with Gasteiger partial charge in [0.15, 0.2) is 0 Å². The van der Waals surface area contributed by atoms with Crippen LogP contribution in [-0.2, 0) is 32.7 Å². The topological polar surface area (TPSA) is 117 Å². The zero-order valence-corrected chi connectivity index (χ0v) is 19.5. The van der Waals surface area contributed by atoms with Crippen molar-refractivity contribution in [2.24, 2.45) is 12.8 Å². The number of nitrogens with two attached hydrogens (primary N) is 1. The molecule has 0 aliphatic carbocycles. The van der Waals surface area contributed by atoms with Gasteiger partial charge in [0.25, 0.3) is 11.8 Å². The summed E-state index contributed by atoms with van der Waals surface area (Å²) in [4.78, 5) is 53.0. The van der Waals surface area contributed by atoms with Crippen molar-refractivity contribution in [3.63, 3.8) is 0 Å². The van der Waals surface area contributed by atoms with Crippen molar-refractivity contribution < 1.29 is 32.4 Å². The van der Waals surface area contributed by atoms with Gasteiger partial charge >= 0.3 is 17.8 Å². The van der Waals surface area contributed by atoms with E-state index in [4.69, 9.17) is 5.73 Å². The van der Waals surface area contributed by atoms with E-state index in [2.05, 4.69) is 4.84 Å². The highest BCUT2D eigenvalue weighted by molar-refractivity contribution is 6.00. The number of imide groups is 1. The minimum Gasteiger partial charge on any atom is -0.330 e. The molecule has 0 saturated carbocycles. The van der Waals surface area contributed by atoms with Crippen molar-refractivity contribution in [2.75, 3.05) is 6.54 Å². The molecule has 35 heavy (non-hydrogen) atoms. The number of benzene rings is 1. The van der Waals surface area contributed by atoms with E-state index in [1.54, 1.807) is 6.07 Å². The monoisotopic (exact) mass is 498 g/mol. The lowest BCUT2D eigenvalue weighted by atomic mass is 10.0. The van der Waals surface area contributed by atoms with Gasteiger partial charge in [0.1, 0.15) is 6.04 Å². The summed E-state index contributed by atoms with van der Waals surface area (Å²) in [6.45, 7) is 0.706. The molecule has 9 nitrogen and oxygen atoms in total. The van der Waals surface area contributed by atoms with Crippen LogP contribution in [-0.4, -0.2) is 44.7 Å². The van der Waals surface area contributed by atoms with Crippen LogP contribution in [0.3, 0.4) is 0 Å². The molecule has 1 aromatic carbocycles. The molecule has 1 aliphatic rings. The Morgan fingerprint density at radius 2 is 1.71 bits per heavy atom. The van der Waals surface area contributed by atoms with Gasteiger partial charge in [-0.05, 0) is 49.9 Å². The number of alkyl halides is 3. The summed E-state index contributed by atoms with van der Waals surface area (Å²) >= 11 is 0. The Bertz CT molecular complexity index is 1150. The number of carbonyl (C=O) groups excluding carboxylic acids is 3. The Labute approximate surface area is 199 Å². The van der Waals surface area contributed by atoms with E-state index in [-0.39, 0.29) is 17.9 Å². The molecular formula is C23H29F3N4O5. The number of carbonyl (C=O) groups is 3. The van der Waals surface area contributed by atoms with Crippen molar-refractivity contribution in [3.8, 4) is 0 Å². The molecule has 1 unspecified atom stereocenters. The molecule has 2 heterocycles. The second-order valence-electron chi connectivity index (χ2n) is 8.65. The third-order valence-electron chi connectivity index (χ3n) is 6.13. The number of piperidine rings is 1. The number of fused-ring (bicyclic) bond motifs is 1. The number of aromatic nitrogens is 2. The Kier molecular flexibility index (Phi) is 8.36. The standard InChI is InChI=1S/C23H29F3N4O5/c1-28-18-14-15(8-6-4-2-3-5-7-13-27)9-10-16(18)29(22(28)34)17-11-12-19(31)30(20(17)32)35-21(33)23(24,25)26/h9-10,14,17H,2-8,11-13,27H2,1H3. The van der Waals surface area contributed by atoms with E-state index in [1.165, 1.54) is 11.6 Å².